The average Bonchev–Trinajstić information content (AvgIpc) is 2.78. The van der Waals surface area contributed by atoms with Crippen molar-refractivity contribution >= 4 is 37.7 Å². The predicted octanol–water partition coefficient (Wildman–Crippen LogP) is 3.51. The molecule has 2 aliphatic rings. The Labute approximate surface area is 138 Å². The Kier molecular flexibility index (Phi) is 3.51. The highest BCUT2D eigenvalue weighted by molar-refractivity contribution is 9.11. The summed E-state index contributed by atoms with van der Waals surface area (Å²) in [6, 6.07) is 7.41. The number of nitriles is 1. The maximum absolute atomic E-state index is 9.47. The summed E-state index contributed by atoms with van der Waals surface area (Å²) in [6.07, 6.45) is 1.79. The van der Waals surface area contributed by atoms with Gasteiger partial charge in [-0.3, -0.25) is 0 Å². The van der Waals surface area contributed by atoms with E-state index in [0.717, 1.165) is 14.5 Å². The van der Waals surface area contributed by atoms with Crippen LogP contribution in [0.2, 0.25) is 0 Å². The minimum Gasteiger partial charge on any atom is -0.383 e. The SMILES string of the molecule is CC1=CC2=NC(N)=C(C#N)[C@H](c3c(Br)cccc3Br)N2O1. The summed E-state index contributed by atoms with van der Waals surface area (Å²) in [5.41, 5.74) is 7.17. The Morgan fingerprint density at radius 1 is 1.38 bits per heavy atom. The lowest BCUT2D eigenvalue weighted by atomic mass is 9.97. The third-order valence-corrected chi connectivity index (χ3v) is 4.60. The Balaban J connectivity index is 2.22. The van der Waals surface area contributed by atoms with Crippen molar-refractivity contribution in [2.75, 3.05) is 0 Å². The third kappa shape index (κ3) is 2.24. The molecule has 5 nitrogen and oxygen atoms in total. The number of aliphatic imine (C=N–C) groups is 1. The molecule has 1 aromatic carbocycles. The summed E-state index contributed by atoms with van der Waals surface area (Å²) in [7, 11) is 0. The van der Waals surface area contributed by atoms with Gasteiger partial charge < -0.3 is 10.6 Å². The van der Waals surface area contributed by atoms with E-state index in [4.69, 9.17) is 10.6 Å². The van der Waals surface area contributed by atoms with Crippen molar-refractivity contribution in [1.29, 1.82) is 5.26 Å². The molecule has 3 rings (SSSR count). The number of nitrogens with zero attached hydrogens (tertiary/aromatic N) is 3. The molecule has 0 fully saturated rings. The van der Waals surface area contributed by atoms with Gasteiger partial charge in [-0.05, 0) is 19.1 Å². The van der Waals surface area contributed by atoms with Crippen LogP contribution in [-0.2, 0) is 4.84 Å². The molecule has 1 atom stereocenters. The van der Waals surface area contributed by atoms with Crippen LogP contribution in [0, 0.1) is 11.3 Å². The number of amidine groups is 1. The molecule has 7 heteroatoms. The van der Waals surface area contributed by atoms with E-state index < -0.39 is 6.04 Å². The van der Waals surface area contributed by atoms with Gasteiger partial charge in [-0.1, -0.05) is 37.9 Å². The monoisotopic (exact) mass is 408 g/mol. The molecule has 0 amide bonds. The lowest BCUT2D eigenvalue weighted by Gasteiger charge is -2.32. The molecule has 2 N–H and O–H groups in total. The second kappa shape index (κ2) is 5.20. The van der Waals surface area contributed by atoms with Gasteiger partial charge in [0.05, 0.1) is 0 Å². The van der Waals surface area contributed by atoms with Crippen LogP contribution < -0.4 is 5.73 Å². The van der Waals surface area contributed by atoms with Gasteiger partial charge in [0.25, 0.3) is 0 Å². The first-order valence-corrected chi connectivity index (χ1v) is 7.69. The van der Waals surface area contributed by atoms with Crippen LogP contribution in [0.3, 0.4) is 0 Å². The molecule has 0 saturated carbocycles. The number of allylic oxidation sites excluding steroid dienone is 1. The zero-order valence-electron chi connectivity index (χ0n) is 11.0. The van der Waals surface area contributed by atoms with Gasteiger partial charge in [-0.25, -0.2) is 4.99 Å². The molecule has 2 heterocycles. The topological polar surface area (TPSA) is 74.6 Å². The van der Waals surface area contributed by atoms with Crippen molar-refractivity contribution in [1.82, 2.24) is 5.06 Å². The van der Waals surface area contributed by atoms with Crippen molar-refractivity contribution < 1.29 is 4.84 Å². The molecule has 0 aliphatic carbocycles. The molecule has 0 unspecified atom stereocenters. The largest absolute Gasteiger partial charge is 0.383 e. The highest BCUT2D eigenvalue weighted by atomic mass is 79.9. The van der Waals surface area contributed by atoms with Gasteiger partial charge in [0.1, 0.15) is 29.3 Å². The summed E-state index contributed by atoms with van der Waals surface area (Å²) >= 11 is 7.06. The maximum Gasteiger partial charge on any atom is 0.170 e. The van der Waals surface area contributed by atoms with E-state index in [1.165, 1.54) is 0 Å². The second-order valence-corrected chi connectivity index (χ2v) is 6.30. The summed E-state index contributed by atoms with van der Waals surface area (Å²) in [6.45, 7) is 1.83. The number of hydroxylamine groups is 2. The Morgan fingerprint density at radius 3 is 2.67 bits per heavy atom. The molecule has 0 bridgehead atoms. The Bertz CT molecular complexity index is 740. The summed E-state index contributed by atoms with van der Waals surface area (Å²) in [5.74, 6) is 1.51. The number of benzene rings is 1. The van der Waals surface area contributed by atoms with E-state index in [0.29, 0.717) is 17.2 Å². The Morgan fingerprint density at radius 2 is 2.05 bits per heavy atom. The van der Waals surface area contributed by atoms with Crippen molar-refractivity contribution in [3.8, 4) is 6.07 Å². The van der Waals surface area contributed by atoms with Crippen LogP contribution in [0.25, 0.3) is 0 Å². The van der Waals surface area contributed by atoms with Crippen molar-refractivity contribution in [3.05, 3.63) is 55.9 Å². The van der Waals surface area contributed by atoms with Gasteiger partial charge >= 0.3 is 0 Å². The van der Waals surface area contributed by atoms with E-state index in [1.807, 2.05) is 25.1 Å². The quantitative estimate of drug-likeness (QED) is 0.769. The van der Waals surface area contributed by atoms with E-state index in [9.17, 15) is 5.26 Å². The lowest BCUT2D eigenvalue weighted by Crippen LogP contribution is -2.35. The van der Waals surface area contributed by atoms with Gasteiger partial charge in [-0.15, -0.1) is 0 Å². The average molecular weight is 410 g/mol. The van der Waals surface area contributed by atoms with Crippen LogP contribution >= 0.6 is 31.9 Å². The van der Waals surface area contributed by atoms with E-state index in [1.54, 1.807) is 11.1 Å². The zero-order chi connectivity index (χ0) is 15.1. The minimum absolute atomic E-state index is 0.214. The molecule has 21 heavy (non-hydrogen) atoms. The number of fused-ring (bicyclic) bond motifs is 1. The van der Waals surface area contributed by atoms with Crippen LogP contribution in [0.15, 0.2) is 55.4 Å². The van der Waals surface area contributed by atoms with Crippen molar-refractivity contribution in [3.63, 3.8) is 0 Å². The fourth-order valence-electron chi connectivity index (χ4n) is 2.33. The first-order valence-electron chi connectivity index (χ1n) is 6.10. The molecule has 1 aromatic rings. The molecular weight excluding hydrogens is 400 g/mol. The van der Waals surface area contributed by atoms with Gasteiger partial charge in [-0.2, -0.15) is 10.3 Å². The van der Waals surface area contributed by atoms with Crippen LogP contribution in [0.5, 0.6) is 0 Å². The Hall–Kier alpha value is -1.78. The summed E-state index contributed by atoms with van der Waals surface area (Å²) < 4.78 is 1.72. The summed E-state index contributed by atoms with van der Waals surface area (Å²) in [5, 5.41) is 11.1. The van der Waals surface area contributed by atoms with Crippen molar-refractivity contribution in [2.24, 2.45) is 10.7 Å². The summed E-state index contributed by atoms with van der Waals surface area (Å²) in [4.78, 5) is 9.93. The smallest absolute Gasteiger partial charge is 0.170 e. The van der Waals surface area contributed by atoms with Crippen LogP contribution in [0.1, 0.15) is 18.5 Å². The normalized spacial score (nSPS) is 20.5. The van der Waals surface area contributed by atoms with Gasteiger partial charge in [0.15, 0.2) is 5.84 Å². The van der Waals surface area contributed by atoms with Crippen LogP contribution in [-0.4, -0.2) is 10.9 Å². The van der Waals surface area contributed by atoms with Gasteiger partial charge in [0, 0.05) is 20.6 Å². The first kappa shape index (κ1) is 14.2. The molecule has 0 radical (unpaired) electrons. The fourth-order valence-corrected chi connectivity index (χ4v) is 3.77. The molecule has 0 spiro atoms. The molecular formula is C14H10Br2N4O. The molecule has 2 aliphatic heterocycles. The fraction of sp³-hybridized carbons (Fsp3) is 0.143. The zero-order valence-corrected chi connectivity index (χ0v) is 14.1. The van der Waals surface area contributed by atoms with Crippen molar-refractivity contribution in [2.45, 2.75) is 13.0 Å². The predicted molar refractivity (Wildman–Crippen MR) is 85.5 cm³/mol. The van der Waals surface area contributed by atoms with E-state index in [-0.39, 0.29) is 5.82 Å². The van der Waals surface area contributed by atoms with E-state index >= 15 is 0 Å². The second-order valence-electron chi connectivity index (χ2n) is 4.59. The standard InChI is InChI=1S/C14H10Br2N4O/c1-7-5-11-19-14(18)8(6-17)13(20(11)21-7)12-9(15)3-2-4-10(12)16/h2-5,13H,18H2,1H3/t13-/m1/s1. The molecule has 106 valence electrons. The van der Waals surface area contributed by atoms with Crippen LogP contribution in [0.4, 0.5) is 0 Å². The molecule has 0 saturated heterocycles. The van der Waals surface area contributed by atoms with Gasteiger partial charge in [0.2, 0.25) is 0 Å². The minimum atomic E-state index is -0.457. The highest BCUT2D eigenvalue weighted by Crippen LogP contribution is 2.42. The molecule has 0 aromatic heterocycles. The number of rotatable bonds is 1. The maximum atomic E-state index is 9.47. The van der Waals surface area contributed by atoms with E-state index in [2.05, 4.69) is 42.9 Å². The highest BCUT2D eigenvalue weighted by Gasteiger charge is 2.39. The lowest BCUT2D eigenvalue weighted by molar-refractivity contribution is -0.0650. The third-order valence-electron chi connectivity index (χ3n) is 3.21. The number of hydrogen-bond acceptors (Lipinski definition) is 5. The number of hydrogen-bond donors (Lipinski definition) is 1. The number of nitrogens with two attached hydrogens (primary N) is 1. The number of halogens is 2. The first-order chi connectivity index (χ1) is 10.0.